The molecule has 178 valence electrons. The normalized spacial score (nSPS) is 19.9. The van der Waals surface area contributed by atoms with E-state index in [0.717, 1.165) is 35.5 Å². The van der Waals surface area contributed by atoms with Gasteiger partial charge in [0.05, 0.1) is 0 Å². The molecule has 0 heteroatoms. The van der Waals surface area contributed by atoms with Crippen LogP contribution in [-0.4, -0.2) is 0 Å². The van der Waals surface area contributed by atoms with Crippen molar-refractivity contribution in [1.82, 2.24) is 0 Å². The van der Waals surface area contributed by atoms with E-state index in [1.165, 1.54) is 62.5 Å². The summed E-state index contributed by atoms with van der Waals surface area (Å²) in [5.74, 6) is 6.38. The molecule has 0 rings (SSSR count). The summed E-state index contributed by atoms with van der Waals surface area (Å²) in [6.07, 6.45) is 10.8. The highest BCUT2D eigenvalue weighted by atomic mass is 14.3. The molecule has 0 aliphatic rings. The van der Waals surface area contributed by atoms with Gasteiger partial charge >= 0.3 is 0 Å². The lowest BCUT2D eigenvalue weighted by Crippen LogP contribution is -2.16. The van der Waals surface area contributed by atoms with E-state index in [4.69, 9.17) is 0 Å². The van der Waals surface area contributed by atoms with Crippen LogP contribution in [0.25, 0.3) is 0 Å². The Balaban J connectivity index is 4.18. The first-order chi connectivity index (χ1) is 13.9. The van der Waals surface area contributed by atoms with E-state index in [-0.39, 0.29) is 0 Å². The zero-order valence-corrected chi connectivity index (χ0v) is 22.7. The van der Waals surface area contributed by atoms with Crippen LogP contribution in [0.3, 0.4) is 0 Å². The summed E-state index contributed by atoms with van der Waals surface area (Å²) in [7, 11) is 0. The van der Waals surface area contributed by atoms with Crippen LogP contribution in [0.1, 0.15) is 121 Å². The van der Waals surface area contributed by atoms with E-state index >= 15 is 0 Å². The zero-order chi connectivity index (χ0) is 23.4. The Labute approximate surface area is 192 Å². The summed E-state index contributed by atoms with van der Waals surface area (Å²) in [5.41, 5.74) is 2.68. The van der Waals surface area contributed by atoms with Crippen molar-refractivity contribution in [2.45, 2.75) is 121 Å². The van der Waals surface area contributed by atoms with Gasteiger partial charge in [0.1, 0.15) is 0 Å². The molecule has 0 saturated carbocycles. The maximum absolute atomic E-state index is 4.12. The van der Waals surface area contributed by atoms with Gasteiger partial charge in [-0.25, -0.2) is 0 Å². The van der Waals surface area contributed by atoms with Crippen molar-refractivity contribution in [2.24, 2.45) is 47.3 Å². The Kier molecular flexibility index (Phi) is 15.0. The van der Waals surface area contributed by atoms with Crippen molar-refractivity contribution in [3.05, 3.63) is 24.3 Å². The molecule has 0 radical (unpaired) electrons. The van der Waals surface area contributed by atoms with Gasteiger partial charge in [0.2, 0.25) is 0 Å². The van der Waals surface area contributed by atoms with E-state index in [1.54, 1.807) is 0 Å². The fraction of sp³-hybridized carbons (Fsp3) is 0.867. The molecule has 0 aliphatic heterocycles. The minimum atomic E-state index is 0.673. The van der Waals surface area contributed by atoms with Gasteiger partial charge in [0.25, 0.3) is 0 Å². The Bertz CT molecular complexity index is 428. The van der Waals surface area contributed by atoms with Crippen LogP contribution < -0.4 is 0 Å². The summed E-state index contributed by atoms with van der Waals surface area (Å²) < 4.78 is 0. The molecular weight excluding hydrogens is 360 g/mol. The van der Waals surface area contributed by atoms with E-state index in [0.29, 0.717) is 11.8 Å². The number of hydrogen-bond donors (Lipinski definition) is 0. The van der Waals surface area contributed by atoms with Crippen molar-refractivity contribution in [3.63, 3.8) is 0 Å². The molecule has 0 aromatic carbocycles. The predicted molar refractivity (Wildman–Crippen MR) is 140 cm³/mol. The molecule has 0 fully saturated rings. The van der Waals surface area contributed by atoms with Crippen LogP contribution in [0.5, 0.6) is 0 Å². The molecule has 30 heavy (non-hydrogen) atoms. The summed E-state index contributed by atoms with van der Waals surface area (Å²) in [6, 6.07) is 0. The fourth-order valence-electron chi connectivity index (χ4n) is 4.28. The van der Waals surface area contributed by atoms with Crippen molar-refractivity contribution >= 4 is 0 Å². The first kappa shape index (κ1) is 29.5. The Hall–Kier alpha value is -0.520. The summed E-state index contributed by atoms with van der Waals surface area (Å²) in [4.78, 5) is 0. The molecule has 8 atom stereocenters. The highest BCUT2D eigenvalue weighted by Crippen LogP contribution is 2.31. The Morgan fingerprint density at radius 2 is 0.567 bits per heavy atom. The lowest BCUT2D eigenvalue weighted by atomic mass is 9.79. The first-order valence-electron chi connectivity index (χ1n) is 13.2. The summed E-state index contributed by atoms with van der Waals surface area (Å²) in [6.45, 7) is 32.1. The van der Waals surface area contributed by atoms with Crippen LogP contribution in [0, 0.1) is 47.3 Å². The molecule has 8 unspecified atom stereocenters. The Morgan fingerprint density at radius 3 is 0.733 bits per heavy atom. The maximum Gasteiger partial charge on any atom is -0.0237 e. The fourth-order valence-corrected chi connectivity index (χ4v) is 4.28. The lowest BCUT2D eigenvalue weighted by molar-refractivity contribution is 0.246. The van der Waals surface area contributed by atoms with E-state index in [2.05, 4.69) is 82.4 Å². The second kappa shape index (κ2) is 15.3. The highest BCUT2D eigenvalue weighted by Gasteiger charge is 2.20. The van der Waals surface area contributed by atoms with Gasteiger partial charge in [0.15, 0.2) is 0 Å². The highest BCUT2D eigenvalue weighted by molar-refractivity contribution is 4.94. The molecule has 0 aromatic rings. The van der Waals surface area contributed by atoms with Crippen molar-refractivity contribution < 1.29 is 0 Å². The largest absolute Gasteiger partial charge is 0.0999 e. The average Bonchev–Trinajstić information content (AvgIpc) is 2.70. The zero-order valence-electron chi connectivity index (χ0n) is 22.7. The molecular formula is C30H58. The third kappa shape index (κ3) is 12.4. The molecule has 0 aromatic heterocycles. The third-order valence-corrected chi connectivity index (χ3v) is 8.86. The number of rotatable bonds is 17. The molecule has 0 spiro atoms. The molecule has 0 saturated heterocycles. The summed E-state index contributed by atoms with van der Waals surface area (Å²) in [5, 5.41) is 0. The van der Waals surface area contributed by atoms with Crippen LogP contribution >= 0.6 is 0 Å². The SMILES string of the molecule is C=C(C)C(C)CCC(C)C(C)CCC(C)C(C)CCC(C)C(C)CCC(C)C(=C)C. The maximum atomic E-state index is 4.12. The number of hydrogen-bond acceptors (Lipinski definition) is 0. The predicted octanol–water partition coefficient (Wildman–Crippen LogP) is 10.3. The van der Waals surface area contributed by atoms with Gasteiger partial charge in [-0.15, -0.1) is 0 Å². The van der Waals surface area contributed by atoms with Crippen molar-refractivity contribution in [2.75, 3.05) is 0 Å². The number of allylic oxidation sites excluding steroid dienone is 2. The van der Waals surface area contributed by atoms with Gasteiger partial charge in [-0.3, -0.25) is 0 Å². The van der Waals surface area contributed by atoms with Crippen molar-refractivity contribution in [1.29, 1.82) is 0 Å². The lowest BCUT2D eigenvalue weighted by Gasteiger charge is -2.27. The molecule has 0 heterocycles. The van der Waals surface area contributed by atoms with Gasteiger partial charge in [-0.1, -0.05) is 105 Å². The van der Waals surface area contributed by atoms with E-state index in [1.807, 2.05) is 0 Å². The smallest absolute Gasteiger partial charge is 0.0237 e. The Morgan fingerprint density at radius 1 is 0.400 bits per heavy atom. The molecule has 0 aliphatic carbocycles. The van der Waals surface area contributed by atoms with E-state index in [9.17, 15) is 0 Å². The van der Waals surface area contributed by atoms with Crippen molar-refractivity contribution in [3.8, 4) is 0 Å². The average molecular weight is 419 g/mol. The first-order valence-corrected chi connectivity index (χ1v) is 13.2. The minimum Gasteiger partial charge on any atom is -0.0999 e. The standard InChI is InChI=1S/C30H58/c1-21(2)23(5)13-15-25(7)27(9)17-19-29(11)30(12)20-18-28(10)26(8)16-14-24(6)22(3)4/h23-30H,1,3,13-20H2,2,4-12H3. The van der Waals surface area contributed by atoms with Crippen LogP contribution in [-0.2, 0) is 0 Å². The second-order valence-corrected chi connectivity index (χ2v) is 11.7. The molecule has 0 nitrogen and oxygen atoms in total. The monoisotopic (exact) mass is 418 g/mol. The van der Waals surface area contributed by atoms with Gasteiger partial charge in [0, 0.05) is 0 Å². The minimum absolute atomic E-state index is 0.673. The molecule has 0 amide bonds. The second-order valence-electron chi connectivity index (χ2n) is 11.7. The topological polar surface area (TPSA) is 0 Å². The van der Waals surface area contributed by atoms with Gasteiger partial charge in [-0.2, -0.15) is 0 Å². The molecule has 0 N–H and O–H groups in total. The van der Waals surface area contributed by atoms with Crippen LogP contribution in [0.15, 0.2) is 24.3 Å². The third-order valence-electron chi connectivity index (χ3n) is 8.86. The van der Waals surface area contributed by atoms with Crippen LogP contribution in [0.2, 0.25) is 0 Å². The van der Waals surface area contributed by atoms with Crippen LogP contribution in [0.4, 0.5) is 0 Å². The van der Waals surface area contributed by atoms with E-state index < -0.39 is 0 Å². The molecule has 0 bridgehead atoms. The van der Waals surface area contributed by atoms with Gasteiger partial charge in [-0.05, 0) is 86.9 Å². The quantitative estimate of drug-likeness (QED) is 0.206. The summed E-state index contributed by atoms with van der Waals surface area (Å²) >= 11 is 0. The van der Waals surface area contributed by atoms with Gasteiger partial charge < -0.3 is 0 Å².